The molecule has 3 N–H and O–H groups in total. The van der Waals surface area contributed by atoms with Gasteiger partial charge in [0.1, 0.15) is 17.7 Å². The molecule has 0 amide bonds. The third kappa shape index (κ3) is 3.95. The van der Waals surface area contributed by atoms with Crippen LogP contribution in [-0.2, 0) is 16.1 Å². The van der Waals surface area contributed by atoms with E-state index >= 15 is 0 Å². The molecule has 0 spiro atoms. The molecule has 8 heteroatoms. The van der Waals surface area contributed by atoms with Crippen LogP contribution >= 0.6 is 0 Å². The predicted molar refractivity (Wildman–Crippen MR) is 114 cm³/mol. The Morgan fingerprint density at radius 2 is 2.00 bits per heavy atom. The summed E-state index contributed by atoms with van der Waals surface area (Å²) in [5.74, 6) is 0.721. The number of benzene rings is 2. The number of fused-ring (bicyclic) bond motifs is 5. The van der Waals surface area contributed by atoms with Crippen LogP contribution in [-0.4, -0.2) is 22.1 Å². The highest BCUT2D eigenvalue weighted by Gasteiger charge is 2.19. The smallest absolute Gasteiger partial charge is 0.166 e. The van der Waals surface area contributed by atoms with Gasteiger partial charge in [-0.3, -0.25) is 0 Å². The SMILES string of the molecule is C[C@H]1Oc2cc(cnc2N)-c2cc(S(C)(=N)=O)ccc2CCOc2ccc(F)cc21. The number of anilines is 1. The van der Waals surface area contributed by atoms with Gasteiger partial charge in [0.05, 0.1) is 16.3 Å². The van der Waals surface area contributed by atoms with Crippen LogP contribution in [0.5, 0.6) is 11.5 Å². The van der Waals surface area contributed by atoms with Crippen LogP contribution in [0.4, 0.5) is 10.2 Å². The Hall–Kier alpha value is -3.13. The van der Waals surface area contributed by atoms with Crippen molar-refractivity contribution in [2.24, 2.45) is 0 Å². The summed E-state index contributed by atoms with van der Waals surface area (Å²) in [5, 5.41) is 0. The quantitative estimate of drug-likeness (QED) is 0.592. The van der Waals surface area contributed by atoms with Gasteiger partial charge in [-0.05, 0) is 54.4 Å². The van der Waals surface area contributed by atoms with Gasteiger partial charge in [0.2, 0.25) is 0 Å². The maximum absolute atomic E-state index is 13.9. The van der Waals surface area contributed by atoms with Crippen molar-refractivity contribution in [2.75, 3.05) is 18.6 Å². The topological polar surface area (TPSA) is 98.3 Å². The van der Waals surface area contributed by atoms with Gasteiger partial charge in [-0.25, -0.2) is 18.4 Å². The standard InChI is InChI=1S/C22H22FN3O3S/c1-13-18-10-16(23)4-6-20(18)28-8-7-14-3-5-17(30(2,25)27)11-19(14)15-9-21(29-13)22(24)26-12-15/h3-6,9-13,25H,7-8H2,1-2H3,(H2,24,26)/t13-,30?/m1/s1. The highest BCUT2D eigenvalue weighted by Crippen LogP contribution is 2.36. The molecule has 0 fully saturated rings. The molecule has 1 aliphatic rings. The highest BCUT2D eigenvalue weighted by molar-refractivity contribution is 7.91. The number of hydrogen-bond donors (Lipinski definition) is 2. The lowest BCUT2D eigenvalue weighted by Gasteiger charge is -2.22. The van der Waals surface area contributed by atoms with Gasteiger partial charge < -0.3 is 15.2 Å². The van der Waals surface area contributed by atoms with E-state index in [0.29, 0.717) is 35.0 Å². The third-order valence-corrected chi connectivity index (χ3v) is 6.22. The van der Waals surface area contributed by atoms with E-state index in [4.69, 9.17) is 20.0 Å². The van der Waals surface area contributed by atoms with E-state index in [2.05, 4.69) is 4.98 Å². The Morgan fingerprint density at radius 3 is 2.77 bits per heavy atom. The molecular weight excluding hydrogens is 405 g/mol. The fraction of sp³-hybridized carbons (Fsp3) is 0.227. The lowest BCUT2D eigenvalue weighted by Crippen LogP contribution is -2.11. The molecule has 0 radical (unpaired) electrons. The Morgan fingerprint density at radius 1 is 1.20 bits per heavy atom. The first-order valence-electron chi connectivity index (χ1n) is 9.44. The maximum atomic E-state index is 13.9. The third-order valence-electron chi connectivity index (χ3n) is 5.07. The summed E-state index contributed by atoms with van der Waals surface area (Å²) in [6, 6.07) is 11.4. The Balaban J connectivity index is 1.88. The fourth-order valence-corrected chi connectivity index (χ4v) is 4.15. The molecule has 0 saturated carbocycles. The van der Waals surface area contributed by atoms with Crippen LogP contribution in [0, 0.1) is 10.6 Å². The van der Waals surface area contributed by atoms with Crippen LogP contribution in [0.1, 0.15) is 24.2 Å². The number of nitrogens with two attached hydrogens (primary N) is 1. The Bertz CT molecular complexity index is 1230. The molecule has 2 heterocycles. The van der Waals surface area contributed by atoms with E-state index in [1.54, 1.807) is 37.4 Å². The number of nitrogens with zero attached hydrogens (tertiary/aromatic N) is 1. The molecule has 3 aromatic rings. The number of halogens is 1. The zero-order chi connectivity index (χ0) is 21.5. The van der Waals surface area contributed by atoms with Crippen molar-refractivity contribution in [2.45, 2.75) is 24.3 Å². The molecule has 2 aromatic carbocycles. The second-order valence-electron chi connectivity index (χ2n) is 7.31. The van der Waals surface area contributed by atoms with Gasteiger partial charge in [0.25, 0.3) is 0 Å². The van der Waals surface area contributed by atoms with E-state index in [-0.39, 0.29) is 11.6 Å². The summed E-state index contributed by atoms with van der Waals surface area (Å²) in [6.07, 6.45) is 3.05. The van der Waals surface area contributed by atoms with Crippen molar-refractivity contribution < 1.29 is 18.1 Å². The molecule has 0 aliphatic carbocycles. The van der Waals surface area contributed by atoms with E-state index in [1.165, 1.54) is 18.4 Å². The van der Waals surface area contributed by atoms with E-state index in [1.807, 2.05) is 6.07 Å². The van der Waals surface area contributed by atoms with Gasteiger partial charge in [0, 0.05) is 34.9 Å². The first-order chi connectivity index (χ1) is 14.2. The molecule has 1 aromatic heterocycles. The molecular formula is C22H22FN3O3S. The average molecular weight is 428 g/mol. The molecule has 30 heavy (non-hydrogen) atoms. The number of nitrogen functional groups attached to an aromatic ring is 1. The van der Waals surface area contributed by atoms with Crippen molar-refractivity contribution in [3.63, 3.8) is 0 Å². The minimum absolute atomic E-state index is 0.207. The molecule has 1 aliphatic heterocycles. The Labute approximate surface area is 174 Å². The summed E-state index contributed by atoms with van der Waals surface area (Å²) in [4.78, 5) is 4.69. The molecule has 0 saturated heterocycles. The van der Waals surface area contributed by atoms with Crippen LogP contribution < -0.4 is 15.2 Å². The summed E-state index contributed by atoms with van der Waals surface area (Å²) >= 11 is 0. The van der Waals surface area contributed by atoms with Gasteiger partial charge in [-0.2, -0.15) is 0 Å². The zero-order valence-electron chi connectivity index (χ0n) is 16.6. The molecule has 2 atom stereocenters. The van der Waals surface area contributed by atoms with Crippen molar-refractivity contribution >= 4 is 15.5 Å². The van der Waals surface area contributed by atoms with Crippen molar-refractivity contribution in [3.8, 4) is 22.6 Å². The lowest BCUT2D eigenvalue weighted by molar-refractivity contribution is 0.216. The minimum atomic E-state index is -2.88. The average Bonchev–Trinajstić information content (AvgIpc) is 2.69. The number of nitrogens with one attached hydrogen (secondary N) is 1. The number of aromatic nitrogens is 1. The number of hydrogen-bond acceptors (Lipinski definition) is 6. The van der Waals surface area contributed by atoms with Crippen LogP contribution in [0.3, 0.4) is 0 Å². The van der Waals surface area contributed by atoms with Crippen molar-refractivity contribution in [3.05, 3.63) is 65.6 Å². The summed E-state index contributed by atoms with van der Waals surface area (Å²) in [5.41, 5.74) is 9.07. The molecule has 4 rings (SSSR count). The normalized spacial score (nSPS) is 17.8. The second kappa shape index (κ2) is 7.60. The summed E-state index contributed by atoms with van der Waals surface area (Å²) in [7, 11) is -2.88. The second-order valence-corrected chi connectivity index (χ2v) is 9.47. The molecule has 1 unspecified atom stereocenters. The molecule has 2 bridgehead atoms. The Kier molecular flexibility index (Phi) is 5.11. The predicted octanol–water partition coefficient (Wildman–Crippen LogP) is 4.58. The fourth-order valence-electron chi connectivity index (χ4n) is 3.47. The van der Waals surface area contributed by atoms with Gasteiger partial charge in [-0.15, -0.1) is 0 Å². The summed E-state index contributed by atoms with van der Waals surface area (Å²) in [6.45, 7) is 2.15. The first-order valence-corrected chi connectivity index (χ1v) is 11.4. The number of ether oxygens (including phenoxy) is 2. The van der Waals surface area contributed by atoms with Gasteiger partial charge >= 0.3 is 0 Å². The van der Waals surface area contributed by atoms with Gasteiger partial charge in [0.15, 0.2) is 11.6 Å². The van der Waals surface area contributed by atoms with E-state index in [9.17, 15) is 8.60 Å². The van der Waals surface area contributed by atoms with Crippen LogP contribution in [0.2, 0.25) is 0 Å². The number of pyridine rings is 1. The lowest BCUT2D eigenvalue weighted by atomic mass is 9.98. The van der Waals surface area contributed by atoms with Crippen molar-refractivity contribution in [1.29, 1.82) is 4.78 Å². The van der Waals surface area contributed by atoms with Crippen LogP contribution in [0.15, 0.2) is 53.6 Å². The number of rotatable bonds is 1. The highest BCUT2D eigenvalue weighted by atomic mass is 32.2. The first kappa shape index (κ1) is 20.2. The summed E-state index contributed by atoms with van der Waals surface area (Å²) < 4.78 is 46.1. The molecule has 156 valence electrons. The largest absolute Gasteiger partial charge is 0.493 e. The van der Waals surface area contributed by atoms with E-state index < -0.39 is 15.8 Å². The monoisotopic (exact) mass is 427 g/mol. The zero-order valence-corrected chi connectivity index (χ0v) is 17.5. The van der Waals surface area contributed by atoms with Crippen molar-refractivity contribution in [1.82, 2.24) is 4.98 Å². The minimum Gasteiger partial charge on any atom is -0.493 e. The maximum Gasteiger partial charge on any atom is 0.166 e. The van der Waals surface area contributed by atoms with E-state index in [0.717, 1.165) is 16.7 Å². The molecule has 6 nitrogen and oxygen atoms in total. The van der Waals surface area contributed by atoms with Crippen LogP contribution in [0.25, 0.3) is 11.1 Å². The van der Waals surface area contributed by atoms with Gasteiger partial charge in [-0.1, -0.05) is 6.07 Å².